The number of carbonyl (C=O) groups is 3. The zero-order valence-electron chi connectivity index (χ0n) is 33.4. The summed E-state index contributed by atoms with van der Waals surface area (Å²) in [6.07, 6.45) is 0. The van der Waals surface area contributed by atoms with Crippen molar-refractivity contribution in [3.05, 3.63) is 108 Å². The monoisotopic (exact) mass is 990 g/mol. The molecule has 29 heteroatoms. The summed E-state index contributed by atoms with van der Waals surface area (Å²) in [7, 11) is -20.9. The molecule has 312 valence electrons. The van der Waals surface area contributed by atoms with E-state index in [2.05, 4.69) is 21.3 Å². The summed E-state index contributed by atoms with van der Waals surface area (Å²) in [5.74, 6) is -3.91. The van der Waals surface area contributed by atoms with E-state index in [1.807, 2.05) is 0 Å². The van der Waals surface area contributed by atoms with Gasteiger partial charge >= 0.3 is 124 Å². The molecule has 6 rings (SSSR count). The molecule has 0 radical (unpaired) electrons. The molecule has 0 fully saturated rings. The number of phenols is 2. The molecule has 0 saturated heterocycles. The molecule has 0 bridgehead atoms. The molecule has 6 aromatic rings. The van der Waals surface area contributed by atoms with Gasteiger partial charge in [-0.2, -0.15) is 0 Å². The van der Waals surface area contributed by atoms with Crippen molar-refractivity contribution in [2.24, 2.45) is 0 Å². The van der Waals surface area contributed by atoms with Crippen LogP contribution in [0.15, 0.2) is 117 Å². The quantitative estimate of drug-likeness (QED) is 0.0548. The number of amides is 4. The van der Waals surface area contributed by atoms with Gasteiger partial charge in [0.2, 0.25) is 0 Å². The zero-order valence-corrected chi connectivity index (χ0v) is 44.7. The molecule has 64 heavy (non-hydrogen) atoms. The Morgan fingerprint density at radius 2 is 0.781 bits per heavy atom. The van der Waals surface area contributed by atoms with Crippen molar-refractivity contribution in [1.82, 2.24) is 0 Å². The van der Waals surface area contributed by atoms with Crippen molar-refractivity contribution in [1.29, 1.82) is 0 Å². The Balaban J connectivity index is 0.00000352. The van der Waals surface area contributed by atoms with Crippen LogP contribution < -0.4 is 139 Å². The van der Waals surface area contributed by atoms with Crippen molar-refractivity contribution < 1.29 is 195 Å². The molecule has 0 aromatic heterocycles. The Morgan fingerprint density at radius 3 is 1.09 bits per heavy atom. The minimum Gasteiger partial charge on any atom is -0.744 e. The Hall–Kier alpha value is -2.71. The average molecular weight is 991 g/mol. The number of urea groups is 1. The van der Waals surface area contributed by atoms with E-state index in [4.69, 9.17) is 0 Å². The second kappa shape index (κ2) is 21.9. The molecule has 0 atom stereocenters. The van der Waals surface area contributed by atoms with Crippen LogP contribution in [-0.4, -0.2) is 79.9 Å². The predicted molar refractivity (Wildman–Crippen MR) is 205 cm³/mol. The summed E-state index contributed by atoms with van der Waals surface area (Å²) >= 11 is 0. The molecule has 0 saturated carbocycles. The first-order valence-electron chi connectivity index (χ1n) is 16.1. The number of benzene rings is 6. The molecule has 0 aliphatic heterocycles. The van der Waals surface area contributed by atoms with Crippen LogP contribution in [0.2, 0.25) is 0 Å². The number of rotatable bonds is 10. The van der Waals surface area contributed by atoms with Crippen LogP contribution in [0.3, 0.4) is 0 Å². The smallest absolute Gasteiger partial charge is 0.744 e. The zero-order chi connectivity index (χ0) is 44.1. The number of carbonyl (C=O) groups excluding carboxylic acids is 3. The second-order valence-electron chi connectivity index (χ2n) is 12.4. The topological polar surface area (TPSA) is 369 Å². The third-order valence-electron chi connectivity index (χ3n) is 8.44. The van der Waals surface area contributed by atoms with Gasteiger partial charge in [0, 0.05) is 22.1 Å². The molecular weight excluding hydrogens is 969 g/mol. The van der Waals surface area contributed by atoms with Crippen LogP contribution in [0.25, 0.3) is 21.5 Å². The van der Waals surface area contributed by atoms with Gasteiger partial charge in [0.15, 0.2) is 0 Å². The van der Waals surface area contributed by atoms with E-state index in [0.29, 0.717) is 24.3 Å². The van der Waals surface area contributed by atoms with Gasteiger partial charge in [-0.05, 0) is 83.6 Å². The van der Waals surface area contributed by atoms with Crippen molar-refractivity contribution in [2.45, 2.75) is 19.6 Å². The number of nitrogens with one attached hydrogen (secondary N) is 4. The maximum atomic E-state index is 13.3. The fourth-order valence-electron chi connectivity index (χ4n) is 5.92. The minimum atomic E-state index is -5.46. The summed E-state index contributed by atoms with van der Waals surface area (Å²) in [5.41, 5.74) is -2.68. The van der Waals surface area contributed by atoms with Gasteiger partial charge < -0.3 is 49.7 Å². The standard InChI is InChI=1S/C35H26N4O17S4.4Na/c40-27-15-21(57(45,46)47)11-17-3-1-5-25(31(17)27)38-33(42)23-9-7-19(13-29(23)59(51,52)53)36-35(44)37-20-8-10-24(30(14-20)60(54,55)56)34(43)39-26-6-2-4-18-12-22(58(48,49)50)16-28(41)32(18)26;;;;/h1-16,40-41H,(H,38,42)(H,39,43)(H2,36,37,44)(H,45,46,47)(H,48,49,50)(H,51,52,53)(H,54,55,56);;;;/q;4*+1/p-4. The van der Waals surface area contributed by atoms with Gasteiger partial charge in [-0.3, -0.25) is 9.59 Å². The van der Waals surface area contributed by atoms with E-state index < -0.39 is 112 Å². The predicted octanol–water partition coefficient (Wildman–Crippen LogP) is -8.81. The number of anilines is 4. The van der Waals surface area contributed by atoms with Crippen molar-refractivity contribution in [2.75, 3.05) is 21.3 Å². The Bertz CT molecular complexity index is 3110. The van der Waals surface area contributed by atoms with E-state index in [0.717, 1.165) is 36.4 Å². The molecule has 6 aromatic carbocycles. The normalized spacial score (nSPS) is 11.4. The number of hydrogen-bond donors (Lipinski definition) is 6. The maximum Gasteiger partial charge on any atom is 1.00 e. The first-order chi connectivity index (χ1) is 27.8. The minimum absolute atomic E-state index is 0. The van der Waals surface area contributed by atoms with Crippen molar-refractivity contribution >= 4 is 103 Å². The molecule has 6 N–H and O–H groups in total. The molecule has 0 heterocycles. The van der Waals surface area contributed by atoms with Gasteiger partial charge in [0.25, 0.3) is 11.8 Å². The fraction of sp³-hybridized carbons (Fsp3) is 0. The van der Waals surface area contributed by atoms with E-state index >= 15 is 0 Å². The van der Waals surface area contributed by atoms with E-state index in [9.17, 15) is 76.5 Å². The third kappa shape index (κ3) is 13.3. The van der Waals surface area contributed by atoms with Gasteiger partial charge in [-0.25, -0.2) is 38.5 Å². The molecule has 4 amide bonds. The Morgan fingerprint density at radius 1 is 0.438 bits per heavy atom. The summed E-state index contributed by atoms with van der Waals surface area (Å²) in [5, 5.41) is 29.5. The largest absolute Gasteiger partial charge is 1.00 e. The summed E-state index contributed by atoms with van der Waals surface area (Å²) in [4.78, 5) is 35.6. The van der Waals surface area contributed by atoms with E-state index in [1.54, 1.807) is 0 Å². The Kier molecular flexibility index (Phi) is 19.7. The number of fused-ring (bicyclic) bond motifs is 2. The number of phenolic OH excluding ortho intramolecular Hbond substituents is 2. The molecular formula is C35H22N4Na4O17S4. The van der Waals surface area contributed by atoms with Crippen LogP contribution in [0.1, 0.15) is 20.7 Å². The maximum absolute atomic E-state index is 13.3. The molecule has 0 aliphatic rings. The number of aromatic hydroxyl groups is 2. The van der Waals surface area contributed by atoms with E-state index in [-0.39, 0.29) is 151 Å². The van der Waals surface area contributed by atoms with Crippen LogP contribution in [0.4, 0.5) is 27.5 Å². The average Bonchev–Trinajstić information content (AvgIpc) is 3.13. The fourth-order valence-corrected chi connectivity index (χ4v) is 8.37. The second-order valence-corrected chi connectivity index (χ2v) is 17.9. The van der Waals surface area contributed by atoms with E-state index in [1.165, 1.54) is 36.4 Å². The summed E-state index contributed by atoms with van der Waals surface area (Å²) < 4.78 is 142. The van der Waals surface area contributed by atoms with Gasteiger partial charge in [0.05, 0.1) is 42.1 Å². The van der Waals surface area contributed by atoms with Crippen LogP contribution in [0.5, 0.6) is 11.5 Å². The van der Waals surface area contributed by atoms with Crippen molar-refractivity contribution in [3.8, 4) is 11.5 Å². The first kappa shape index (κ1) is 57.4. The van der Waals surface area contributed by atoms with Crippen LogP contribution >= 0.6 is 0 Å². The Labute approximate surface area is 452 Å². The molecule has 0 spiro atoms. The SMILES string of the molecule is O=C(Nc1ccc(C(=O)Nc2cccc3cc(S(=O)(=O)[O-])cc(O)c23)c(S(=O)(=O)[O-])c1)Nc1ccc(C(=O)Nc2cccc3cc(S(=O)(=O)[O-])cc(O)c23)c(S(=O)(=O)[O-])c1.[Na+].[Na+].[Na+].[Na+]. The third-order valence-corrected chi connectivity index (χ3v) is 11.8. The van der Waals surface area contributed by atoms with Gasteiger partial charge in [0.1, 0.15) is 52.0 Å². The van der Waals surface area contributed by atoms with Crippen LogP contribution in [0, 0.1) is 0 Å². The first-order valence-corrected chi connectivity index (χ1v) is 21.8. The molecule has 21 nitrogen and oxygen atoms in total. The van der Waals surface area contributed by atoms with Crippen LogP contribution in [-0.2, 0) is 40.5 Å². The van der Waals surface area contributed by atoms with Crippen molar-refractivity contribution in [3.63, 3.8) is 0 Å². The molecule has 0 aliphatic carbocycles. The molecule has 0 unspecified atom stereocenters. The van der Waals surface area contributed by atoms with Gasteiger partial charge in [-0.1, -0.05) is 24.3 Å². The van der Waals surface area contributed by atoms with Gasteiger partial charge in [-0.15, -0.1) is 0 Å². The number of hydrogen-bond acceptors (Lipinski definition) is 17. The summed E-state index contributed by atoms with van der Waals surface area (Å²) in [6, 6.07) is 14.4. The summed E-state index contributed by atoms with van der Waals surface area (Å²) in [6.45, 7) is 0.